The highest BCUT2D eigenvalue weighted by Crippen LogP contribution is 2.57. The van der Waals surface area contributed by atoms with Gasteiger partial charge in [0.15, 0.2) is 0 Å². The van der Waals surface area contributed by atoms with E-state index in [4.69, 9.17) is 4.74 Å². The molecule has 2 fully saturated rings. The minimum absolute atomic E-state index is 0.112. The fourth-order valence-electron chi connectivity index (χ4n) is 2.84. The third-order valence-electron chi connectivity index (χ3n) is 4.15. The Bertz CT molecular complexity index is 406. The van der Waals surface area contributed by atoms with Gasteiger partial charge in [0.2, 0.25) is 0 Å². The molecule has 0 unspecified atom stereocenters. The van der Waals surface area contributed by atoms with Gasteiger partial charge in [-0.25, -0.2) is 0 Å². The van der Waals surface area contributed by atoms with Crippen molar-refractivity contribution >= 4 is 5.78 Å². The Hall–Kier alpha value is -1.15. The lowest BCUT2D eigenvalue weighted by molar-refractivity contribution is -0.126. The normalized spacial score (nSPS) is 25.4. The quantitative estimate of drug-likeness (QED) is 0.795. The van der Waals surface area contributed by atoms with Gasteiger partial charge >= 0.3 is 0 Å². The second-order valence-electron chi connectivity index (χ2n) is 5.38. The topological polar surface area (TPSA) is 26.3 Å². The molecule has 2 heteroatoms. The lowest BCUT2D eigenvalue weighted by atomic mass is 10.0. The predicted octanol–water partition coefficient (Wildman–Crippen LogP) is 2.96. The first-order chi connectivity index (χ1) is 8.30. The average molecular weight is 230 g/mol. The third kappa shape index (κ3) is 2.14. The van der Waals surface area contributed by atoms with Crippen molar-refractivity contribution in [2.75, 3.05) is 6.61 Å². The van der Waals surface area contributed by atoms with Crippen LogP contribution in [0.5, 0.6) is 0 Å². The smallest absolute Gasteiger partial charge is 0.144 e. The molecule has 1 spiro atoms. The summed E-state index contributed by atoms with van der Waals surface area (Å²) in [5.41, 5.74) is 1.29. The minimum Gasteiger partial charge on any atom is -0.376 e. The third-order valence-corrected chi connectivity index (χ3v) is 4.15. The molecule has 0 bridgehead atoms. The van der Waals surface area contributed by atoms with Crippen LogP contribution >= 0.6 is 0 Å². The van der Waals surface area contributed by atoms with Gasteiger partial charge in [-0.05, 0) is 31.2 Å². The monoisotopic (exact) mass is 230 g/mol. The number of hydrogen-bond donors (Lipinski definition) is 0. The summed E-state index contributed by atoms with van der Waals surface area (Å²) in [5, 5.41) is 0. The van der Waals surface area contributed by atoms with Crippen molar-refractivity contribution < 1.29 is 9.53 Å². The lowest BCUT2D eigenvalue weighted by Gasteiger charge is -2.10. The summed E-state index contributed by atoms with van der Waals surface area (Å²) in [6.07, 6.45) is 4.39. The molecule has 3 rings (SSSR count). The van der Waals surface area contributed by atoms with Gasteiger partial charge in [-0.3, -0.25) is 4.79 Å². The molecule has 2 aliphatic rings. The number of Topliss-reactive ketones (excluding diaryl/α,β-unsaturated/α-hetero) is 1. The maximum atomic E-state index is 12.1. The average Bonchev–Trinajstić information content (AvgIpc) is 3.09. The van der Waals surface area contributed by atoms with E-state index in [0.717, 1.165) is 25.7 Å². The molecule has 0 aromatic heterocycles. The number of ketones is 1. The number of carbonyl (C=O) groups excluding carboxylic acids is 1. The van der Waals surface area contributed by atoms with Gasteiger partial charge in [0.05, 0.1) is 13.2 Å². The Morgan fingerprint density at radius 2 is 1.94 bits per heavy atom. The zero-order chi connectivity index (χ0) is 11.7. The van der Waals surface area contributed by atoms with Crippen LogP contribution in [0.25, 0.3) is 0 Å². The van der Waals surface area contributed by atoms with E-state index in [1.807, 2.05) is 18.2 Å². The van der Waals surface area contributed by atoms with E-state index < -0.39 is 0 Å². The first-order valence-electron chi connectivity index (χ1n) is 6.46. The molecule has 1 atom stereocenters. The highest BCUT2D eigenvalue weighted by molar-refractivity contribution is 5.91. The Morgan fingerprint density at radius 3 is 2.59 bits per heavy atom. The molecule has 0 saturated heterocycles. The first kappa shape index (κ1) is 11.0. The number of ether oxygens (including phenoxy) is 1. The van der Waals surface area contributed by atoms with Crippen molar-refractivity contribution in [2.24, 2.45) is 11.3 Å². The van der Waals surface area contributed by atoms with E-state index in [1.165, 1.54) is 5.56 Å². The largest absolute Gasteiger partial charge is 0.376 e. The molecule has 0 N–H and O–H groups in total. The summed E-state index contributed by atoms with van der Waals surface area (Å²) in [7, 11) is 0. The standard InChI is InChI=1S/C15H18O2/c16-14-13(6-7-15(14)8-9-15)11-17-10-12-4-2-1-3-5-12/h1-5,13H,6-11H2/t13-/m0/s1. The van der Waals surface area contributed by atoms with Crippen LogP contribution in [0, 0.1) is 11.3 Å². The minimum atomic E-state index is 0.112. The van der Waals surface area contributed by atoms with E-state index in [-0.39, 0.29) is 11.3 Å². The van der Waals surface area contributed by atoms with Gasteiger partial charge in [0.1, 0.15) is 5.78 Å². The van der Waals surface area contributed by atoms with E-state index in [9.17, 15) is 4.79 Å². The van der Waals surface area contributed by atoms with Crippen LogP contribution in [0.2, 0.25) is 0 Å². The van der Waals surface area contributed by atoms with E-state index >= 15 is 0 Å². The molecule has 0 amide bonds. The van der Waals surface area contributed by atoms with Gasteiger partial charge in [-0.15, -0.1) is 0 Å². The molecule has 0 heterocycles. The van der Waals surface area contributed by atoms with E-state index in [0.29, 0.717) is 19.0 Å². The molecule has 17 heavy (non-hydrogen) atoms. The lowest BCUT2D eigenvalue weighted by Crippen LogP contribution is -2.19. The van der Waals surface area contributed by atoms with Crippen LogP contribution in [0.1, 0.15) is 31.2 Å². The van der Waals surface area contributed by atoms with Gasteiger partial charge in [-0.2, -0.15) is 0 Å². The summed E-state index contributed by atoms with van der Waals surface area (Å²) >= 11 is 0. The molecular formula is C15H18O2. The van der Waals surface area contributed by atoms with Crippen molar-refractivity contribution in [2.45, 2.75) is 32.3 Å². The molecule has 1 aromatic rings. The maximum absolute atomic E-state index is 12.1. The van der Waals surface area contributed by atoms with Crippen molar-refractivity contribution in [1.82, 2.24) is 0 Å². The number of rotatable bonds is 4. The number of hydrogen-bond acceptors (Lipinski definition) is 2. The maximum Gasteiger partial charge on any atom is 0.144 e. The Kier molecular flexibility index (Phi) is 2.75. The molecular weight excluding hydrogens is 212 g/mol. The first-order valence-corrected chi connectivity index (χ1v) is 6.46. The zero-order valence-corrected chi connectivity index (χ0v) is 10.0. The van der Waals surface area contributed by atoms with Gasteiger partial charge in [0, 0.05) is 11.3 Å². The van der Waals surface area contributed by atoms with E-state index in [1.54, 1.807) is 0 Å². The second kappa shape index (κ2) is 4.26. The van der Waals surface area contributed by atoms with Crippen LogP contribution in [0.15, 0.2) is 30.3 Å². The Morgan fingerprint density at radius 1 is 1.18 bits per heavy atom. The van der Waals surface area contributed by atoms with E-state index in [2.05, 4.69) is 12.1 Å². The molecule has 2 saturated carbocycles. The Balaban J connectivity index is 1.48. The van der Waals surface area contributed by atoms with Crippen molar-refractivity contribution in [3.63, 3.8) is 0 Å². The summed E-state index contributed by atoms with van der Waals surface area (Å²) in [6.45, 7) is 1.23. The second-order valence-corrected chi connectivity index (χ2v) is 5.38. The van der Waals surface area contributed by atoms with Crippen LogP contribution in [-0.4, -0.2) is 12.4 Å². The fraction of sp³-hybridized carbons (Fsp3) is 0.533. The highest BCUT2D eigenvalue weighted by atomic mass is 16.5. The predicted molar refractivity (Wildman–Crippen MR) is 65.5 cm³/mol. The van der Waals surface area contributed by atoms with Crippen LogP contribution in [-0.2, 0) is 16.1 Å². The summed E-state index contributed by atoms with van der Waals surface area (Å²) in [6, 6.07) is 10.1. The molecule has 2 aliphatic carbocycles. The van der Waals surface area contributed by atoms with Crippen LogP contribution in [0.3, 0.4) is 0 Å². The number of benzene rings is 1. The van der Waals surface area contributed by atoms with Gasteiger partial charge in [-0.1, -0.05) is 30.3 Å². The SMILES string of the molecule is O=C1[C@H](COCc2ccccc2)CCC12CC2. The fourth-order valence-corrected chi connectivity index (χ4v) is 2.84. The van der Waals surface area contributed by atoms with Crippen LogP contribution < -0.4 is 0 Å². The highest BCUT2D eigenvalue weighted by Gasteiger charge is 2.55. The summed E-state index contributed by atoms with van der Waals surface area (Å²) in [5.74, 6) is 0.645. The van der Waals surface area contributed by atoms with Gasteiger partial charge in [0.25, 0.3) is 0 Å². The molecule has 1 aromatic carbocycles. The van der Waals surface area contributed by atoms with Crippen molar-refractivity contribution in [3.05, 3.63) is 35.9 Å². The van der Waals surface area contributed by atoms with Crippen molar-refractivity contribution in [3.8, 4) is 0 Å². The summed E-state index contributed by atoms with van der Waals surface area (Å²) in [4.78, 5) is 12.1. The molecule has 0 aliphatic heterocycles. The molecule has 2 nitrogen and oxygen atoms in total. The molecule has 90 valence electrons. The van der Waals surface area contributed by atoms with Gasteiger partial charge < -0.3 is 4.74 Å². The Labute approximate surface area is 102 Å². The van der Waals surface area contributed by atoms with Crippen LogP contribution in [0.4, 0.5) is 0 Å². The summed E-state index contributed by atoms with van der Waals surface area (Å²) < 4.78 is 5.67. The number of carbonyl (C=O) groups is 1. The molecule has 0 radical (unpaired) electrons. The van der Waals surface area contributed by atoms with Crippen molar-refractivity contribution in [1.29, 1.82) is 0 Å². The zero-order valence-electron chi connectivity index (χ0n) is 10.0.